The minimum absolute atomic E-state index is 0.594. The number of carbonyl (C=O) groups is 1. The van der Waals surface area contributed by atoms with Crippen LogP contribution in [0.1, 0.15) is 46.0 Å². The van der Waals surface area contributed by atoms with Crippen molar-refractivity contribution in [2.45, 2.75) is 51.6 Å². The van der Waals surface area contributed by atoms with Crippen molar-refractivity contribution in [1.29, 1.82) is 0 Å². The first-order valence-corrected chi connectivity index (χ1v) is 4.31. The SMILES string of the molecule is CCCCCC[C@](C)(O)C=O. The van der Waals surface area contributed by atoms with Gasteiger partial charge in [-0.3, -0.25) is 0 Å². The van der Waals surface area contributed by atoms with Gasteiger partial charge in [0.15, 0.2) is 6.29 Å². The van der Waals surface area contributed by atoms with Crippen LogP contribution in [0.2, 0.25) is 0 Å². The topological polar surface area (TPSA) is 37.3 Å². The highest BCUT2D eigenvalue weighted by Gasteiger charge is 2.17. The van der Waals surface area contributed by atoms with Crippen LogP contribution in [0.4, 0.5) is 0 Å². The Balaban J connectivity index is 3.30. The van der Waals surface area contributed by atoms with Crippen LogP contribution < -0.4 is 0 Å². The quantitative estimate of drug-likeness (QED) is 0.473. The van der Waals surface area contributed by atoms with Gasteiger partial charge in [0.25, 0.3) is 0 Å². The summed E-state index contributed by atoms with van der Waals surface area (Å²) >= 11 is 0. The summed E-state index contributed by atoms with van der Waals surface area (Å²) in [6.45, 7) is 3.70. The van der Waals surface area contributed by atoms with Crippen LogP contribution in [-0.2, 0) is 4.79 Å². The monoisotopic (exact) mass is 158 g/mol. The second kappa shape index (κ2) is 5.30. The summed E-state index contributed by atoms with van der Waals surface area (Å²) in [5.74, 6) is 0. The van der Waals surface area contributed by atoms with E-state index in [-0.39, 0.29) is 0 Å². The second-order valence-corrected chi connectivity index (χ2v) is 3.29. The third-order valence-electron chi connectivity index (χ3n) is 1.79. The molecule has 0 amide bonds. The van der Waals surface area contributed by atoms with Gasteiger partial charge in [-0.1, -0.05) is 32.6 Å². The second-order valence-electron chi connectivity index (χ2n) is 3.29. The van der Waals surface area contributed by atoms with Crippen LogP contribution in [0.15, 0.2) is 0 Å². The highest BCUT2D eigenvalue weighted by Crippen LogP contribution is 2.12. The molecule has 0 aliphatic carbocycles. The summed E-state index contributed by atoms with van der Waals surface area (Å²) < 4.78 is 0. The molecule has 2 nitrogen and oxygen atoms in total. The van der Waals surface area contributed by atoms with Gasteiger partial charge in [0, 0.05) is 0 Å². The predicted octanol–water partition coefficient (Wildman–Crippen LogP) is 1.91. The van der Waals surface area contributed by atoms with Crippen LogP contribution in [0.25, 0.3) is 0 Å². The number of unbranched alkanes of at least 4 members (excludes halogenated alkanes) is 3. The smallest absolute Gasteiger partial charge is 0.151 e. The number of hydrogen-bond acceptors (Lipinski definition) is 2. The van der Waals surface area contributed by atoms with E-state index in [1.807, 2.05) is 0 Å². The van der Waals surface area contributed by atoms with Crippen molar-refractivity contribution in [3.05, 3.63) is 0 Å². The normalized spacial score (nSPS) is 15.9. The fraction of sp³-hybridized carbons (Fsp3) is 0.889. The van der Waals surface area contributed by atoms with E-state index in [0.29, 0.717) is 12.7 Å². The molecule has 0 saturated heterocycles. The van der Waals surface area contributed by atoms with E-state index < -0.39 is 5.60 Å². The van der Waals surface area contributed by atoms with Crippen LogP contribution in [0.5, 0.6) is 0 Å². The van der Waals surface area contributed by atoms with Crippen molar-refractivity contribution in [2.75, 3.05) is 0 Å². The number of carbonyl (C=O) groups excluding carboxylic acids is 1. The number of rotatable bonds is 6. The lowest BCUT2D eigenvalue weighted by atomic mass is 10.00. The largest absolute Gasteiger partial charge is 0.383 e. The molecule has 2 heteroatoms. The summed E-state index contributed by atoms with van der Waals surface area (Å²) in [5, 5.41) is 9.25. The van der Waals surface area contributed by atoms with Gasteiger partial charge in [-0.25, -0.2) is 0 Å². The highest BCUT2D eigenvalue weighted by molar-refractivity contribution is 5.60. The lowest BCUT2D eigenvalue weighted by Gasteiger charge is -2.14. The number of aliphatic hydroxyl groups is 1. The first-order chi connectivity index (χ1) is 5.12. The number of aldehydes is 1. The Kier molecular flexibility index (Phi) is 5.12. The molecule has 0 aromatic heterocycles. The van der Waals surface area contributed by atoms with Gasteiger partial charge in [-0.2, -0.15) is 0 Å². The van der Waals surface area contributed by atoms with E-state index in [2.05, 4.69) is 6.92 Å². The van der Waals surface area contributed by atoms with E-state index >= 15 is 0 Å². The summed E-state index contributed by atoms with van der Waals surface area (Å²) in [6.07, 6.45) is 5.65. The maximum Gasteiger partial charge on any atom is 0.151 e. The lowest BCUT2D eigenvalue weighted by Crippen LogP contribution is -2.25. The third-order valence-corrected chi connectivity index (χ3v) is 1.79. The average Bonchev–Trinajstić information content (AvgIpc) is 1.99. The molecule has 0 aromatic carbocycles. The Labute approximate surface area is 68.6 Å². The first-order valence-electron chi connectivity index (χ1n) is 4.31. The van der Waals surface area contributed by atoms with Crippen molar-refractivity contribution in [1.82, 2.24) is 0 Å². The lowest BCUT2D eigenvalue weighted by molar-refractivity contribution is -0.123. The summed E-state index contributed by atoms with van der Waals surface area (Å²) in [5.41, 5.74) is -1.09. The maximum absolute atomic E-state index is 10.2. The molecule has 0 spiro atoms. The van der Waals surface area contributed by atoms with Crippen LogP contribution in [-0.4, -0.2) is 17.0 Å². The fourth-order valence-electron chi connectivity index (χ4n) is 0.969. The molecular weight excluding hydrogens is 140 g/mol. The zero-order chi connectivity index (χ0) is 8.74. The minimum atomic E-state index is -1.09. The van der Waals surface area contributed by atoms with Crippen molar-refractivity contribution in [2.24, 2.45) is 0 Å². The first kappa shape index (κ1) is 10.6. The molecule has 66 valence electrons. The number of hydrogen-bond donors (Lipinski definition) is 1. The van der Waals surface area contributed by atoms with Gasteiger partial charge >= 0.3 is 0 Å². The van der Waals surface area contributed by atoms with E-state index in [9.17, 15) is 9.90 Å². The van der Waals surface area contributed by atoms with Crippen molar-refractivity contribution in [3.63, 3.8) is 0 Å². The van der Waals surface area contributed by atoms with Crippen LogP contribution in [0.3, 0.4) is 0 Å². The average molecular weight is 158 g/mol. The molecule has 1 atom stereocenters. The molecule has 0 rings (SSSR count). The Morgan fingerprint density at radius 3 is 2.45 bits per heavy atom. The Morgan fingerprint density at radius 1 is 1.36 bits per heavy atom. The summed E-state index contributed by atoms with van der Waals surface area (Å²) in [6, 6.07) is 0. The molecule has 0 bridgehead atoms. The molecule has 0 unspecified atom stereocenters. The maximum atomic E-state index is 10.2. The van der Waals surface area contributed by atoms with Gasteiger partial charge in [-0.05, 0) is 13.3 Å². The Hall–Kier alpha value is -0.370. The van der Waals surface area contributed by atoms with Crippen LogP contribution in [0, 0.1) is 0 Å². The fourth-order valence-corrected chi connectivity index (χ4v) is 0.969. The highest BCUT2D eigenvalue weighted by atomic mass is 16.3. The molecule has 0 saturated carbocycles. The van der Waals surface area contributed by atoms with Gasteiger partial charge < -0.3 is 9.90 Å². The molecule has 0 aliphatic rings. The Bertz CT molecular complexity index is 108. The zero-order valence-corrected chi connectivity index (χ0v) is 7.47. The molecule has 0 heterocycles. The minimum Gasteiger partial charge on any atom is -0.383 e. The molecule has 0 aromatic rings. The van der Waals surface area contributed by atoms with Crippen molar-refractivity contribution < 1.29 is 9.90 Å². The summed E-state index contributed by atoms with van der Waals surface area (Å²) in [4.78, 5) is 10.2. The van der Waals surface area contributed by atoms with E-state index in [1.54, 1.807) is 6.92 Å². The molecule has 0 aliphatic heterocycles. The van der Waals surface area contributed by atoms with Crippen molar-refractivity contribution in [3.8, 4) is 0 Å². The van der Waals surface area contributed by atoms with Gasteiger partial charge in [-0.15, -0.1) is 0 Å². The standard InChI is InChI=1S/C9H18O2/c1-3-4-5-6-7-9(2,11)8-10/h8,11H,3-7H2,1-2H3/t9-/m0/s1. The van der Waals surface area contributed by atoms with E-state index in [4.69, 9.17) is 0 Å². The zero-order valence-electron chi connectivity index (χ0n) is 7.47. The van der Waals surface area contributed by atoms with Gasteiger partial charge in [0.1, 0.15) is 5.60 Å². The van der Waals surface area contributed by atoms with Crippen LogP contribution >= 0.6 is 0 Å². The third kappa shape index (κ3) is 6.05. The molecule has 11 heavy (non-hydrogen) atoms. The Morgan fingerprint density at radius 2 is 2.00 bits per heavy atom. The molecular formula is C9H18O2. The van der Waals surface area contributed by atoms with Crippen molar-refractivity contribution >= 4 is 6.29 Å². The summed E-state index contributed by atoms with van der Waals surface area (Å²) in [7, 11) is 0. The van der Waals surface area contributed by atoms with E-state index in [0.717, 1.165) is 12.8 Å². The van der Waals surface area contributed by atoms with Gasteiger partial charge in [0.2, 0.25) is 0 Å². The molecule has 0 radical (unpaired) electrons. The molecule has 0 fully saturated rings. The van der Waals surface area contributed by atoms with E-state index in [1.165, 1.54) is 12.8 Å². The van der Waals surface area contributed by atoms with Gasteiger partial charge in [0.05, 0.1) is 0 Å². The molecule has 1 N–H and O–H groups in total. The predicted molar refractivity (Wildman–Crippen MR) is 45.4 cm³/mol.